The smallest absolute Gasteiger partial charge is 0.146 e. The monoisotopic (exact) mass is 277 g/mol. The van der Waals surface area contributed by atoms with E-state index in [1.54, 1.807) is 16.8 Å². The van der Waals surface area contributed by atoms with E-state index in [-0.39, 0.29) is 5.82 Å². The number of aromatic nitrogens is 3. The number of nitrogens with one attached hydrogen (secondary N) is 1. The fourth-order valence-corrected chi connectivity index (χ4v) is 2.09. The molecule has 20 heavy (non-hydrogen) atoms. The van der Waals surface area contributed by atoms with Crippen LogP contribution in [0.2, 0.25) is 0 Å². The van der Waals surface area contributed by atoms with Crippen LogP contribution in [0.25, 0.3) is 0 Å². The van der Waals surface area contributed by atoms with Gasteiger partial charge < -0.3 is 10.2 Å². The molecule has 0 radical (unpaired) electrons. The van der Waals surface area contributed by atoms with Gasteiger partial charge in [0.15, 0.2) is 0 Å². The van der Waals surface area contributed by atoms with Gasteiger partial charge in [-0.3, -0.25) is 4.68 Å². The van der Waals surface area contributed by atoms with E-state index < -0.39 is 0 Å². The van der Waals surface area contributed by atoms with E-state index in [0.29, 0.717) is 25.3 Å². The second-order valence-corrected chi connectivity index (χ2v) is 4.53. The first kappa shape index (κ1) is 14.5. The zero-order valence-corrected chi connectivity index (χ0v) is 11.9. The molecule has 1 aromatic carbocycles. The highest BCUT2D eigenvalue weighted by Crippen LogP contribution is 2.18. The lowest BCUT2D eigenvalue weighted by molar-refractivity contribution is 0.567. The maximum absolute atomic E-state index is 13.8. The minimum atomic E-state index is -0.191. The second kappa shape index (κ2) is 7.00. The van der Waals surface area contributed by atoms with Crippen LogP contribution in [0.4, 0.5) is 10.1 Å². The van der Waals surface area contributed by atoms with E-state index in [4.69, 9.17) is 0 Å². The Morgan fingerprint density at radius 1 is 1.35 bits per heavy atom. The van der Waals surface area contributed by atoms with Gasteiger partial charge in [-0.2, -0.15) is 0 Å². The van der Waals surface area contributed by atoms with Crippen molar-refractivity contribution in [2.45, 2.75) is 20.0 Å². The molecule has 1 heterocycles. The van der Waals surface area contributed by atoms with Crippen molar-refractivity contribution in [3.05, 3.63) is 42.0 Å². The Balaban J connectivity index is 1.98. The average Bonchev–Trinajstić information content (AvgIpc) is 2.89. The van der Waals surface area contributed by atoms with Gasteiger partial charge >= 0.3 is 0 Å². The summed E-state index contributed by atoms with van der Waals surface area (Å²) in [5.41, 5.74) is 1.53. The number of anilines is 1. The van der Waals surface area contributed by atoms with Crippen molar-refractivity contribution < 1.29 is 4.39 Å². The molecular formula is C14H20FN5. The minimum Gasteiger partial charge on any atom is -0.368 e. The first-order valence-corrected chi connectivity index (χ1v) is 6.77. The van der Waals surface area contributed by atoms with Crippen LogP contribution in [0.1, 0.15) is 12.6 Å². The van der Waals surface area contributed by atoms with E-state index in [0.717, 1.165) is 12.2 Å². The largest absolute Gasteiger partial charge is 0.368 e. The summed E-state index contributed by atoms with van der Waals surface area (Å²) in [7, 11) is 1.87. The highest BCUT2D eigenvalue weighted by molar-refractivity contribution is 5.47. The molecule has 6 heteroatoms. The Hall–Kier alpha value is -1.95. The standard InChI is InChI=1S/C14H20FN5/c1-3-19(14-7-5-4-6-13(14)15)8-9-20-11-12(10-16-2)17-18-20/h4-7,11,16H,3,8-10H2,1-2H3. The lowest BCUT2D eigenvalue weighted by atomic mass is 10.2. The van der Waals surface area contributed by atoms with Crippen molar-refractivity contribution in [1.29, 1.82) is 0 Å². The molecule has 0 saturated carbocycles. The van der Waals surface area contributed by atoms with Gasteiger partial charge in [-0.15, -0.1) is 5.10 Å². The molecule has 0 unspecified atom stereocenters. The molecule has 2 rings (SSSR count). The minimum absolute atomic E-state index is 0.191. The third kappa shape index (κ3) is 3.54. The Bertz CT molecular complexity index is 540. The van der Waals surface area contributed by atoms with E-state index in [2.05, 4.69) is 15.6 Å². The normalized spacial score (nSPS) is 10.8. The van der Waals surface area contributed by atoms with E-state index in [1.807, 2.05) is 31.1 Å². The molecule has 2 aromatic rings. The van der Waals surface area contributed by atoms with Gasteiger partial charge in [0.2, 0.25) is 0 Å². The number of benzene rings is 1. The molecule has 0 spiro atoms. The fraction of sp³-hybridized carbons (Fsp3) is 0.429. The second-order valence-electron chi connectivity index (χ2n) is 4.53. The number of rotatable bonds is 7. The first-order valence-electron chi connectivity index (χ1n) is 6.77. The van der Waals surface area contributed by atoms with Gasteiger partial charge in [-0.1, -0.05) is 17.3 Å². The van der Waals surface area contributed by atoms with E-state index in [9.17, 15) is 4.39 Å². The van der Waals surface area contributed by atoms with Crippen LogP contribution in [-0.4, -0.2) is 35.1 Å². The van der Waals surface area contributed by atoms with Gasteiger partial charge in [0.25, 0.3) is 0 Å². The lowest BCUT2D eigenvalue weighted by Crippen LogP contribution is -2.28. The average molecular weight is 277 g/mol. The van der Waals surface area contributed by atoms with Crippen molar-refractivity contribution >= 4 is 5.69 Å². The number of para-hydroxylation sites is 1. The fourth-order valence-electron chi connectivity index (χ4n) is 2.09. The van der Waals surface area contributed by atoms with Crippen molar-refractivity contribution in [1.82, 2.24) is 20.3 Å². The summed E-state index contributed by atoms with van der Waals surface area (Å²) >= 11 is 0. The maximum atomic E-state index is 13.8. The molecule has 0 aliphatic rings. The van der Waals surface area contributed by atoms with Crippen molar-refractivity contribution in [3.8, 4) is 0 Å². The topological polar surface area (TPSA) is 46.0 Å². The van der Waals surface area contributed by atoms with E-state index >= 15 is 0 Å². The van der Waals surface area contributed by atoms with E-state index in [1.165, 1.54) is 6.07 Å². The molecule has 0 aliphatic heterocycles. The molecule has 0 fully saturated rings. The lowest BCUT2D eigenvalue weighted by Gasteiger charge is -2.23. The van der Waals surface area contributed by atoms with Crippen molar-refractivity contribution in [2.75, 3.05) is 25.0 Å². The summed E-state index contributed by atoms with van der Waals surface area (Å²) in [4.78, 5) is 1.99. The molecule has 108 valence electrons. The first-order chi connectivity index (χ1) is 9.74. The van der Waals surface area contributed by atoms with Gasteiger partial charge in [-0.25, -0.2) is 4.39 Å². The van der Waals surface area contributed by atoms with Crippen LogP contribution in [-0.2, 0) is 13.1 Å². The molecule has 0 amide bonds. The highest BCUT2D eigenvalue weighted by Gasteiger charge is 2.09. The summed E-state index contributed by atoms with van der Waals surface area (Å²) in [6, 6.07) is 6.83. The molecule has 0 saturated heterocycles. The summed E-state index contributed by atoms with van der Waals surface area (Å²) in [6.07, 6.45) is 1.91. The highest BCUT2D eigenvalue weighted by atomic mass is 19.1. The Morgan fingerprint density at radius 3 is 2.85 bits per heavy atom. The van der Waals surface area contributed by atoms with Gasteiger partial charge in [0, 0.05) is 25.8 Å². The molecule has 5 nitrogen and oxygen atoms in total. The zero-order valence-electron chi connectivity index (χ0n) is 11.9. The summed E-state index contributed by atoms with van der Waals surface area (Å²) < 4.78 is 15.6. The molecule has 0 atom stereocenters. The van der Waals surface area contributed by atoms with Crippen LogP contribution in [0.3, 0.4) is 0 Å². The summed E-state index contributed by atoms with van der Waals surface area (Å²) in [5.74, 6) is -0.191. The van der Waals surface area contributed by atoms with Crippen LogP contribution >= 0.6 is 0 Å². The zero-order chi connectivity index (χ0) is 14.4. The molecule has 1 N–H and O–H groups in total. The SMILES string of the molecule is CCN(CCn1cc(CNC)nn1)c1ccccc1F. The Kier molecular flexibility index (Phi) is 5.06. The maximum Gasteiger partial charge on any atom is 0.146 e. The van der Waals surface area contributed by atoms with Crippen LogP contribution in [0, 0.1) is 5.82 Å². The molecular weight excluding hydrogens is 257 g/mol. The van der Waals surface area contributed by atoms with Crippen LogP contribution < -0.4 is 10.2 Å². The summed E-state index contributed by atoms with van der Waals surface area (Å²) in [6.45, 7) is 4.84. The number of likely N-dealkylation sites (N-methyl/N-ethyl adjacent to an activating group) is 1. The Labute approximate surface area is 118 Å². The van der Waals surface area contributed by atoms with Crippen LogP contribution in [0.5, 0.6) is 0 Å². The number of hydrogen-bond acceptors (Lipinski definition) is 4. The molecule has 0 aliphatic carbocycles. The van der Waals surface area contributed by atoms with Crippen LogP contribution in [0.15, 0.2) is 30.5 Å². The number of hydrogen-bond donors (Lipinski definition) is 1. The third-order valence-electron chi connectivity index (χ3n) is 3.12. The van der Waals surface area contributed by atoms with Gasteiger partial charge in [-0.05, 0) is 26.1 Å². The third-order valence-corrected chi connectivity index (χ3v) is 3.12. The predicted molar refractivity (Wildman–Crippen MR) is 77.1 cm³/mol. The summed E-state index contributed by atoms with van der Waals surface area (Å²) in [5, 5.41) is 11.2. The molecule has 0 bridgehead atoms. The van der Waals surface area contributed by atoms with Gasteiger partial charge in [0.1, 0.15) is 5.82 Å². The van der Waals surface area contributed by atoms with Crippen molar-refractivity contribution in [3.63, 3.8) is 0 Å². The van der Waals surface area contributed by atoms with Gasteiger partial charge in [0.05, 0.1) is 17.9 Å². The predicted octanol–water partition coefficient (Wildman–Crippen LogP) is 1.66. The number of halogens is 1. The number of nitrogens with zero attached hydrogens (tertiary/aromatic N) is 4. The quantitative estimate of drug-likeness (QED) is 0.836. The molecule has 1 aromatic heterocycles. The Morgan fingerprint density at radius 2 is 2.15 bits per heavy atom. The van der Waals surface area contributed by atoms with Crippen molar-refractivity contribution in [2.24, 2.45) is 0 Å².